The number of hydrogen-bond acceptors (Lipinski definition) is 3. The third-order valence-corrected chi connectivity index (χ3v) is 4.72. The molecule has 4 nitrogen and oxygen atoms in total. The molecule has 1 N–H and O–H groups in total. The molecule has 0 atom stereocenters. The minimum absolute atomic E-state index is 0.0240. The van der Waals surface area contributed by atoms with Crippen molar-refractivity contribution in [2.75, 3.05) is 20.8 Å². The number of ether oxygens (including phenoxy) is 2. The van der Waals surface area contributed by atoms with Gasteiger partial charge in [-0.2, -0.15) is 0 Å². The third kappa shape index (κ3) is 4.92. The van der Waals surface area contributed by atoms with E-state index in [1.165, 1.54) is 11.1 Å². The van der Waals surface area contributed by atoms with Crippen LogP contribution in [0.15, 0.2) is 78.9 Å². The van der Waals surface area contributed by atoms with Crippen LogP contribution in [0.1, 0.15) is 22.6 Å². The molecule has 0 heterocycles. The monoisotopic (exact) mass is 375 g/mol. The van der Waals surface area contributed by atoms with Crippen molar-refractivity contribution in [2.24, 2.45) is 0 Å². The summed E-state index contributed by atoms with van der Waals surface area (Å²) in [5.41, 5.74) is 3.24. The summed E-state index contributed by atoms with van der Waals surface area (Å²) in [4.78, 5) is 12.6. The Bertz CT molecular complexity index is 855. The molecule has 0 unspecified atom stereocenters. The molecule has 3 aromatic rings. The maximum absolute atomic E-state index is 12.6. The Kier molecular flexibility index (Phi) is 6.68. The largest absolute Gasteiger partial charge is 0.493 e. The molecule has 0 spiro atoms. The van der Waals surface area contributed by atoms with E-state index >= 15 is 0 Å². The first-order valence-corrected chi connectivity index (χ1v) is 9.28. The van der Waals surface area contributed by atoms with Gasteiger partial charge in [0.15, 0.2) is 11.5 Å². The van der Waals surface area contributed by atoms with Crippen LogP contribution in [0, 0.1) is 0 Å². The molecule has 0 radical (unpaired) electrons. The highest BCUT2D eigenvalue weighted by molar-refractivity contribution is 5.79. The zero-order chi connectivity index (χ0) is 19.8. The summed E-state index contributed by atoms with van der Waals surface area (Å²) in [6, 6.07) is 26.0. The number of nitrogens with one attached hydrogen (secondary N) is 1. The maximum Gasteiger partial charge on any atom is 0.224 e. The van der Waals surface area contributed by atoms with Crippen LogP contribution >= 0.6 is 0 Å². The van der Waals surface area contributed by atoms with E-state index in [0.29, 0.717) is 18.0 Å². The quantitative estimate of drug-likeness (QED) is 0.642. The molecule has 3 aromatic carbocycles. The number of benzene rings is 3. The lowest BCUT2D eigenvalue weighted by Crippen LogP contribution is -2.30. The van der Waals surface area contributed by atoms with Crippen molar-refractivity contribution in [2.45, 2.75) is 12.3 Å². The van der Waals surface area contributed by atoms with Crippen molar-refractivity contribution in [3.8, 4) is 11.5 Å². The number of hydrogen-bond donors (Lipinski definition) is 1. The van der Waals surface area contributed by atoms with Crippen LogP contribution in [0.5, 0.6) is 11.5 Å². The van der Waals surface area contributed by atoms with Crippen molar-refractivity contribution < 1.29 is 14.3 Å². The van der Waals surface area contributed by atoms with Gasteiger partial charge in [0, 0.05) is 12.5 Å². The second kappa shape index (κ2) is 9.60. The van der Waals surface area contributed by atoms with E-state index in [2.05, 4.69) is 29.6 Å². The predicted molar refractivity (Wildman–Crippen MR) is 111 cm³/mol. The summed E-state index contributed by atoms with van der Waals surface area (Å²) in [6.07, 6.45) is 0.288. The smallest absolute Gasteiger partial charge is 0.224 e. The van der Waals surface area contributed by atoms with Gasteiger partial charge in [-0.25, -0.2) is 0 Å². The number of amides is 1. The summed E-state index contributed by atoms with van der Waals surface area (Å²) < 4.78 is 10.6. The first kappa shape index (κ1) is 19.5. The van der Waals surface area contributed by atoms with E-state index in [4.69, 9.17) is 9.47 Å². The van der Waals surface area contributed by atoms with Crippen LogP contribution in [-0.4, -0.2) is 26.7 Å². The Morgan fingerprint density at radius 3 is 1.93 bits per heavy atom. The van der Waals surface area contributed by atoms with Crippen molar-refractivity contribution in [1.29, 1.82) is 0 Å². The molecule has 0 aliphatic carbocycles. The number of carbonyl (C=O) groups excluding carboxylic acids is 1. The summed E-state index contributed by atoms with van der Waals surface area (Å²) >= 11 is 0. The molecular weight excluding hydrogens is 350 g/mol. The van der Waals surface area contributed by atoms with E-state index < -0.39 is 0 Å². The van der Waals surface area contributed by atoms with Gasteiger partial charge in [-0.05, 0) is 28.8 Å². The Morgan fingerprint density at radius 2 is 1.39 bits per heavy atom. The normalized spacial score (nSPS) is 10.5. The molecule has 4 heteroatoms. The van der Waals surface area contributed by atoms with Crippen LogP contribution in [0.3, 0.4) is 0 Å². The highest BCUT2D eigenvalue weighted by Gasteiger charge is 2.15. The predicted octanol–water partition coefficient (Wildman–Crippen LogP) is 4.19. The SMILES string of the molecule is COc1ccc(CC(=O)NCC(c2ccccc2)c2ccccc2)cc1OC. The van der Waals surface area contributed by atoms with Crippen molar-refractivity contribution in [1.82, 2.24) is 5.32 Å². The van der Waals surface area contributed by atoms with Gasteiger partial charge in [0.1, 0.15) is 0 Å². The lowest BCUT2D eigenvalue weighted by molar-refractivity contribution is -0.120. The molecule has 0 aliphatic heterocycles. The Balaban J connectivity index is 1.69. The van der Waals surface area contributed by atoms with Gasteiger partial charge in [-0.3, -0.25) is 4.79 Å². The molecular formula is C24H25NO3. The van der Waals surface area contributed by atoms with Gasteiger partial charge in [0.25, 0.3) is 0 Å². The molecule has 3 rings (SSSR count). The van der Waals surface area contributed by atoms with E-state index in [1.807, 2.05) is 54.6 Å². The van der Waals surface area contributed by atoms with Gasteiger partial charge in [-0.15, -0.1) is 0 Å². The molecule has 28 heavy (non-hydrogen) atoms. The maximum atomic E-state index is 12.6. The average Bonchev–Trinajstić information content (AvgIpc) is 2.75. The fraction of sp³-hybridized carbons (Fsp3) is 0.208. The van der Waals surface area contributed by atoms with Crippen LogP contribution in [0.4, 0.5) is 0 Å². The number of rotatable bonds is 8. The minimum Gasteiger partial charge on any atom is -0.493 e. The van der Waals surface area contributed by atoms with Crippen LogP contribution in [0.2, 0.25) is 0 Å². The Morgan fingerprint density at radius 1 is 0.821 bits per heavy atom. The standard InChI is InChI=1S/C24H25NO3/c1-27-22-14-13-18(15-23(22)28-2)16-24(26)25-17-21(19-9-5-3-6-10-19)20-11-7-4-8-12-20/h3-15,21H,16-17H2,1-2H3,(H,25,26). The highest BCUT2D eigenvalue weighted by atomic mass is 16.5. The molecule has 0 aliphatic rings. The highest BCUT2D eigenvalue weighted by Crippen LogP contribution is 2.28. The van der Waals surface area contributed by atoms with Gasteiger partial charge in [0.2, 0.25) is 5.91 Å². The number of carbonyl (C=O) groups is 1. The fourth-order valence-corrected chi connectivity index (χ4v) is 3.25. The molecule has 0 fully saturated rings. The third-order valence-electron chi connectivity index (χ3n) is 4.72. The van der Waals surface area contributed by atoms with Gasteiger partial charge in [0.05, 0.1) is 20.6 Å². The average molecular weight is 375 g/mol. The molecule has 0 saturated heterocycles. The van der Waals surface area contributed by atoms with Gasteiger partial charge < -0.3 is 14.8 Å². The second-order valence-electron chi connectivity index (χ2n) is 6.54. The lowest BCUT2D eigenvalue weighted by atomic mass is 9.91. The van der Waals surface area contributed by atoms with E-state index in [0.717, 1.165) is 5.56 Å². The minimum atomic E-state index is -0.0240. The van der Waals surface area contributed by atoms with E-state index in [9.17, 15) is 4.79 Å². The molecule has 0 bridgehead atoms. The van der Waals surface area contributed by atoms with Crippen LogP contribution < -0.4 is 14.8 Å². The van der Waals surface area contributed by atoms with Crippen molar-refractivity contribution in [3.63, 3.8) is 0 Å². The Hall–Kier alpha value is -3.27. The molecule has 144 valence electrons. The second-order valence-corrected chi connectivity index (χ2v) is 6.54. The van der Waals surface area contributed by atoms with Crippen molar-refractivity contribution >= 4 is 5.91 Å². The topological polar surface area (TPSA) is 47.6 Å². The molecule has 1 amide bonds. The van der Waals surface area contributed by atoms with Crippen LogP contribution in [0.25, 0.3) is 0 Å². The van der Waals surface area contributed by atoms with Crippen LogP contribution in [-0.2, 0) is 11.2 Å². The fourth-order valence-electron chi connectivity index (χ4n) is 3.25. The number of methoxy groups -OCH3 is 2. The van der Waals surface area contributed by atoms with Crippen molar-refractivity contribution in [3.05, 3.63) is 95.6 Å². The molecule has 0 saturated carbocycles. The summed E-state index contributed by atoms with van der Waals surface area (Å²) in [5.74, 6) is 1.36. The zero-order valence-electron chi connectivity index (χ0n) is 16.2. The zero-order valence-corrected chi connectivity index (χ0v) is 16.2. The van der Waals surface area contributed by atoms with Gasteiger partial charge in [-0.1, -0.05) is 66.7 Å². The van der Waals surface area contributed by atoms with E-state index in [-0.39, 0.29) is 18.2 Å². The first-order valence-electron chi connectivity index (χ1n) is 9.28. The van der Waals surface area contributed by atoms with E-state index in [1.54, 1.807) is 14.2 Å². The first-order chi connectivity index (χ1) is 13.7. The lowest BCUT2D eigenvalue weighted by Gasteiger charge is -2.19. The van der Waals surface area contributed by atoms with Gasteiger partial charge >= 0.3 is 0 Å². The Labute approximate surface area is 166 Å². The molecule has 0 aromatic heterocycles. The summed E-state index contributed by atoms with van der Waals surface area (Å²) in [6.45, 7) is 0.542. The summed E-state index contributed by atoms with van der Waals surface area (Å²) in [7, 11) is 3.18. The summed E-state index contributed by atoms with van der Waals surface area (Å²) in [5, 5.41) is 3.08.